The first-order chi connectivity index (χ1) is 9.22. The molecule has 0 unspecified atom stereocenters. The average Bonchev–Trinajstić information content (AvgIpc) is 2.40. The Morgan fingerprint density at radius 3 is 2.47 bits per heavy atom. The summed E-state index contributed by atoms with van der Waals surface area (Å²) < 4.78 is 0. The normalized spacial score (nSPS) is 11.2. The Morgan fingerprint density at radius 1 is 1.11 bits per heavy atom. The molecule has 1 aromatic rings. The second-order valence-corrected chi connectivity index (χ2v) is 6.47. The lowest BCUT2D eigenvalue weighted by atomic mass is 10.2. The molecule has 19 heavy (non-hydrogen) atoms. The number of unbranched alkanes of at least 4 members (excludes halogenated alkanes) is 2. The van der Waals surface area contributed by atoms with E-state index in [0.29, 0.717) is 12.5 Å². The minimum Gasteiger partial charge on any atom is -0.396 e. The van der Waals surface area contributed by atoms with E-state index >= 15 is 0 Å². The van der Waals surface area contributed by atoms with Crippen LogP contribution in [0.5, 0.6) is 0 Å². The molecule has 0 atom stereocenters. The SMILES string of the molecule is CC(C)CNCc1ccc(SCCCCCO)cc1. The number of rotatable bonds is 10. The van der Waals surface area contributed by atoms with Gasteiger partial charge in [-0.2, -0.15) is 0 Å². The van der Waals surface area contributed by atoms with Crippen molar-refractivity contribution in [3.63, 3.8) is 0 Å². The molecule has 1 rings (SSSR count). The maximum Gasteiger partial charge on any atom is 0.0431 e. The number of benzene rings is 1. The van der Waals surface area contributed by atoms with Crippen LogP contribution in [0.4, 0.5) is 0 Å². The highest BCUT2D eigenvalue weighted by Gasteiger charge is 1.97. The van der Waals surface area contributed by atoms with Crippen LogP contribution >= 0.6 is 11.8 Å². The predicted octanol–water partition coefficient (Wildman–Crippen LogP) is 3.69. The van der Waals surface area contributed by atoms with Crippen molar-refractivity contribution < 1.29 is 5.11 Å². The number of thioether (sulfide) groups is 1. The van der Waals surface area contributed by atoms with Crippen molar-refractivity contribution in [2.24, 2.45) is 5.92 Å². The largest absolute Gasteiger partial charge is 0.396 e. The number of nitrogens with one attached hydrogen (secondary N) is 1. The molecular formula is C16H27NOS. The minimum absolute atomic E-state index is 0.322. The number of aliphatic hydroxyl groups is 1. The molecule has 0 heterocycles. The summed E-state index contributed by atoms with van der Waals surface area (Å²) in [6, 6.07) is 8.85. The zero-order chi connectivity index (χ0) is 13.9. The third kappa shape index (κ3) is 8.30. The number of hydrogen-bond donors (Lipinski definition) is 2. The van der Waals surface area contributed by atoms with E-state index in [9.17, 15) is 0 Å². The van der Waals surface area contributed by atoms with E-state index in [4.69, 9.17) is 5.11 Å². The molecule has 0 radical (unpaired) electrons. The van der Waals surface area contributed by atoms with E-state index in [2.05, 4.69) is 43.4 Å². The van der Waals surface area contributed by atoms with Gasteiger partial charge in [-0.15, -0.1) is 11.8 Å². The van der Waals surface area contributed by atoms with Crippen LogP contribution in [0.1, 0.15) is 38.7 Å². The van der Waals surface area contributed by atoms with Crippen LogP contribution in [-0.2, 0) is 6.54 Å². The molecule has 2 nitrogen and oxygen atoms in total. The average molecular weight is 281 g/mol. The first-order valence-corrected chi connectivity index (χ1v) is 8.24. The molecular weight excluding hydrogens is 254 g/mol. The van der Waals surface area contributed by atoms with Gasteiger partial charge in [0.1, 0.15) is 0 Å². The van der Waals surface area contributed by atoms with Gasteiger partial charge < -0.3 is 10.4 Å². The Morgan fingerprint density at radius 2 is 1.84 bits per heavy atom. The highest BCUT2D eigenvalue weighted by molar-refractivity contribution is 7.99. The summed E-state index contributed by atoms with van der Waals surface area (Å²) >= 11 is 1.91. The first kappa shape index (κ1) is 16.5. The van der Waals surface area contributed by atoms with Crippen LogP contribution in [0.25, 0.3) is 0 Å². The molecule has 0 aliphatic rings. The van der Waals surface area contributed by atoms with Crippen molar-refractivity contribution in [2.45, 2.75) is 44.6 Å². The molecule has 0 aliphatic heterocycles. The van der Waals surface area contributed by atoms with Crippen molar-refractivity contribution >= 4 is 11.8 Å². The molecule has 0 amide bonds. The third-order valence-corrected chi connectivity index (χ3v) is 3.97. The minimum atomic E-state index is 0.322. The number of hydrogen-bond acceptors (Lipinski definition) is 3. The molecule has 0 fully saturated rings. The highest BCUT2D eigenvalue weighted by atomic mass is 32.2. The first-order valence-electron chi connectivity index (χ1n) is 7.25. The van der Waals surface area contributed by atoms with E-state index in [1.54, 1.807) is 0 Å². The van der Waals surface area contributed by atoms with Gasteiger partial charge >= 0.3 is 0 Å². The van der Waals surface area contributed by atoms with Gasteiger partial charge in [0, 0.05) is 18.0 Å². The van der Waals surface area contributed by atoms with Gasteiger partial charge in [0.15, 0.2) is 0 Å². The Bertz CT molecular complexity index is 324. The lowest BCUT2D eigenvalue weighted by Crippen LogP contribution is -2.18. The monoisotopic (exact) mass is 281 g/mol. The Labute approximate surface area is 122 Å². The highest BCUT2D eigenvalue weighted by Crippen LogP contribution is 2.20. The summed E-state index contributed by atoms with van der Waals surface area (Å²) in [6.07, 6.45) is 3.24. The fourth-order valence-electron chi connectivity index (χ4n) is 1.79. The van der Waals surface area contributed by atoms with E-state index < -0.39 is 0 Å². The lowest BCUT2D eigenvalue weighted by Gasteiger charge is -2.08. The molecule has 2 N–H and O–H groups in total. The number of aliphatic hydroxyl groups excluding tert-OH is 1. The van der Waals surface area contributed by atoms with E-state index in [1.165, 1.54) is 16.9 Å². The van der Waals surface area contributed by atoms with Crippen LogP contribution < -0.4 is 5.32 Å². The van der Waals surface area contributed by atoms with Crippen molar-refractivity contribution in [1.29, 1.82) is 0 Å². The van der Waals surface area contributed by atoms with Gasteiger partial charge in [-0.25, -0.2) is 0 Å². The topological polar surface area (TPSA) is 32.3 Å². The zero-order valence-corrected chi connectivity index (χ0v) is 13.0. The molecule has 0 saturated carbocycles. The van der Waals surface area contributed by atoms with Crippen LogP contribution in [0, 0.1) is 5.92 Å². The summed E-state index contributed by atoms with van der Waals surface area (Å²) in [4.78, 5) is 1.34. The van der Waals surface area contributed by atoms with Gasteiger partial charge in [-0.1, -0.05) is 32.4 Å². The Balaban J connectivity index is 2.19. The summed E-state index contributed by atoms with van der Waals surface area (Å²) in [6.45, 7) is 6.80. The molecule has 3 heteroatoms. The fraction of sp³-hybridized carbons (Fsp3) is 0.625. The molecule has 0 saturated heterocycles. The fourth-order valence-corrected chi connectivity index (χ4v) is 2.70. The second kappa shape index (κ2) is 10.3. The molecule has 0 aromatic heterocycles. The summed E-state index contributed by atoms with van der Waals surface area (Å²) in [5, 5.41) is 12.2. The Hall–Kier alpha value is -0.510. The zero-order valence-electron chi connectivity index (χ0n) is 12.2. The van der Waals surface area contributed by atoms with Crippen molar-refractivity contribution in [3.05, 3.63) is 29.8 Å². The smallest absolute Gasteiger partial charge is 0.0431 e. The van der Waals surface area contributed by atoms with Crippen molar-refractivity contribution in [3.8, 4) is 0 Å². The summed E-state index contributed by atoms with van der Waals surface area (Å²) in [5.74, 6) is 1.85. The third-order valence-electron chi connectivity index (χ3n) is 2.88. The van der Waals surface area contributed by atoms with E-state index in [0.717, 1.165) is 31.7 Å². The lowest BCUT2D eigenvalue weighted by molar-refractivity contribution is 0.284. The van der Waals surface area contributed by atoms with Gasteiger partial charge in [0.2, 0.25) is 0 Å². The van der Waals surface area contributed by atoms with Gasteiger partial charge in [0.25, 0.3) is 0 Å². The molecule has 108 valence electrons. The van der Waals surface area contributed by atoms with E-state index in [1.807, 2.05) is 11.8 Å². The van der Waals surface area contributed by atoms with Crippen LogP contribution in [-0.4, -0.2) is 24.0 Å². The van der Waals surface area contributed by atoms with Gasteiger partial charge in [-0.3, -0.25) is 0 Å². The quantitative estimate of drug-likeness (QED) is 0.507. The molecule has 0 bridgehead atoms. The van der Waals surface area contributed by atoms with Crippen LogP contribution in [0.2, 0.25) is 0 Å². The van der Waals surface area contributed by atoms with Crippen molar-refractivity contribution in [2.75, 3.05) is 18.9 Å². The summed E-state index contributed by atoms with van der Waals surface area (Å²) in [7, 11) is 0. The molecule has 0 aliphatic carbocycles. The van der Waals surface area contributed by atoms with Crippen LogP contribution in [0.15, 0.2) is 29.2 Å². The standard InChI is InChI=1S/C16H27NOS/c1-14(2)12-17-13-15-6-8-16(9-7-15)19-11-5-3-4-10-18/h6-9,14,17-18H,3-5,10-13H2,1-2H3. The van der Waals surface area contributed by atoms with E-state index in [-0.39, 0.29) is 0 Å². The molecule has 1 aromatic carbocycles. The predicted molar refractivity (Wildman–Crippen MR) is 84.6 cm³/mol. The van der Waals surface area contributed by atoms with Gasteiger partial charge in [0.05, 0.1) is 0 Å². The molecule has 0 spiro atoms. The maximum absolute atomic E-state index is 8.71. The second-order valence-electron chi connectivity index (χ2n) is 5.30. The van der Waals surface area contributed by atoms with Gasteiger partial charge in [-0.05, 0) is 48.8 Å². The van der Waals surface area contributed by atoms with Crippen LogP contribution in [0.3, 0.4) is 0 Å². The summed E-state index contributed by atoms with van der Waals surface area (Å²) in [5.41, 5.74) is 1.35. The maximum atomic E-state index is 8.71. The Kier molecular flexibility index (Phi) is 8.97. The van der Waals surface area contributed by atoms with Crippen molar-refractivity contribution in [1.82, 2.24) is 5.32 Å².